The van der Waals surface area contributed by atoms with Crippen LogP contribution in [0.5, 0.6) is 5.75 Å². The van der Waals surface area contributed by atoms with E-state index in [0.717, 1.165) is 18.4 Å². The minimum absolute atomic E-state index is 0.133. The van der Waals surface area contributed by atoms with Gasteiger partial charge in [-0.25, -0.2) is 0 Å². The van der Waals surface area contributed by atoms with Gasteiger partial charge in [0, 0.05) is 18.9 Å². The fourth-order valence-corrected chi connectivity index (χ4v) is 3.21. The molecule has 1 unspecified atom stereocenters. The first kappa shape index (κ1) is 21.5. The van der Waals surface area contributed by atoms with E-state index in [4.69, 9.17) is 27.9 Å². The zero-order chi connectivity index (χ0) is 20.6. The standard InChI is InChI=1S/C22H24Cl2N2O3/c23-17-8-4-9-19(21(17)24)29-13-5-10-20(27)26-18(22(28)25-16-11-12-16)14-15-6-2-1-3-7-15/h1-4,6-9,16,18H,5,10-14H2,(H,25,28)(H,26,27). The van der Waals surface area contributed by atoms with Gasteiger partial charge in [-0.2, -0.15) is 0 Å². The lowest BCUT2D eigenvalue weighted by Gasteiger charge is -2.19. The predicted octanol–water partition coefficient (Wildman–Crippen LogP) is 4.16. The van der Waals surface area contributed by atoms with Crippen LogP contribution in [0.15, 0.2) is 48.5 Å². The molecule has 1 aliphatic carbocycles. The summed E-state index contributed by atoms with van der Waals surface area (Å²) in [5, 5.41) is 6.62. The summed E-state index contributed by atoms with van der Waals surface area (Å²) in [4.78, 5) is 24.9. The molecule has 0 heterocycles. The fourth-order valence-electron chi connectivity index (χ4n) is 2.87. The number of carbonyl (C=O) groups is 2. The summed E-state index contributed by atoms with van der Waals surface area (Å²) in [6.07, 6.45) is 3.21. The molecular weight excluding hydrogens is 411 g/mol. The monoisotopic (exact) mass is 434 g/mol. The first-order valence-electron chi connectivity index (χ1n) is 9.73. The number of nitrogens with one attached hydrogen (secondary N) is 2. The van der Waals surface area contributed by atoms with Crippen molar-refractivity contribution in [1.29, 1.82) is 0 Å². The van der Waals surface area contributed by atoms with Crippen molar-refractivity contribution in [3.63, 3.8) is 0 Å². The summed E-state index contributed by atoms with van der Waals surface area (Å²) >= 11 is 12.0. The molecule has 154 valence electrons. The number of hydrogen-bond donors (Lipinski definition) is 2. The lowest BCUT2D eigenvalue weighted by molar-refractivity contribution is -0.129. The molecule has 0 radical (unpaired) electrons. The number of carbonyl (C=O) groups excluding carboxylic acids is 2. The van der Waals surface area contributed by atoms with Crippen LogP contribution in [0.4, 0.5) is 0 Å². The Hall–Kier alpha value is -2.24. The Kier molecular flexibility index (Phi) is 7.78. The van der Waals surface area contributed by atoms with Gasteiger partial charge in [-0.1, -0.05) is 59.6 Å². The maximum atomic E-state index is 12.5. The first-order chi connectivity index (χ1) is 14.0. The summed E-state index contributed by atoms with van der Waals surface area (Å²) in [7, 11) is 0. The van der Waals surface area contributed by atoms with Crippen LogP contribution >= 0.6 is 23.2 Å². The summed E-state index contributed by atoms with van der Waals surface area (Å²) in [6.45, 7) is 0.325. The van der Waals surface area contributed by atoms with E-state index in [-0.39, 0.29) is 24.3 Å². The van der Waals surface area contributed by atoms with Gasteiger partial charge in [-0.05, 0) is 37.0 Å². The van der Waals surface area contributed by atoms with E-state index in [1.54, 1.807) is 18.2 Å². The van der Waals surface area contributed by atoms with Crippen molar-refractivity contribution in [2.24, 2.45) is 0 Å². The molecule has 2 amide bonds. The second kappa shape index (κ2) is 10.5. The molecule has 29 heavy (non-hydrogen) atoms. The SMILES string of the molecule is O=C(CCCOc1cccc(Cl)c1Cl)NC(Cc1ccccc1)C(=O)NC1CC1. The van der Waals surface area contributed by atoms with Gasteiger partial charge in [-0.15, -0.1) is 0 Å². The average Bonchev–Trinajstić information content (AvgIpc) is 3.52. The molecule has 0 saturated heterocycles. The van der Waals surface area contributed by atoms with Gasteiger partial charge in [0.25, 0.3) is 0 Å². The quantitative estimate of drug-likeness (QED) is 0.551. The molecule has 1 aliphatic rings. The lowest BCUT2D eigenvalue weighted by Crippen LogP contribution is -2.48. The molecule has 0 spiro atoms. The molecule has 2 N–H and O–H groups in total. The van der Waals surface area contributed by atoms with E-state index in [0.29, 0.717) is 35.2 Å². The van der Waals surface area contributed by atoms with Gasteiger partial charge in [0.05, 0.1) is 11.6 Å². The van der Waals surface area contributed by atoms with Crippen LogP contribution in [0.1, 0.15) is 31.2 Å². The normalized spacial score (nSPS) is 14.1. The third kappa shape index (κ3) is 6.94. The van der Waals surface area contributed by atoms with Gasteiger partial charge in [-0.3, -0.25) is 9.59 Å². The van der Waals surface area contributed by atoms with E-state index >= 15 is 0 Å². The van der Waals surface area contributed by atoms with E-state index in [1.807, 2.05) is 30.3 Å². The van der Waals surface area contributed by atoms with Crippen LogP contribution < -0.4 is 15.4 Å². The summed E-state index contributed by atoms with van der Waals surface area (Å²) in [6, 6.07) is 14.5. The van der Waals surface area contributed by atoms with Crippen molar-refractivity contribution in [3.8, 4) is 5.75 Å². The number of benzene rings is 2. The van der Waals surface area contributed by atoms with Gasteiger partial charge >= 0.3 is 0 Å². The van der Waals surface area contributed by atoms with Crippen LogP contribution in [0.3, 0.4) is 0 Å². The Morgan fingerprint density at radius 1 is 1.07 bits per heavy atom. The smallest absolute Gasteiger partial charge is 0.243 e. The second-order valence-electron chi connectivity index (χ2n) is 7.10. The second-order valence-corrected chi connectivity index (χ2v) is 7.88. The molecule has 0 aromatic heterocycles. The number of amides is 2. The third-order valence-electron chi connectivity index (χ3n) is 4.58. The summed E-state index contributed by atoms with van der Waals surface area (Å²) < 4.78 is 5.60. The third-order valence-corrected chi connectivity index (χ3v) is 5.38. The molecule has 3 rings (SSSR count). The van der Waals surface area contributed by atoms with Crippen molar-refractivity contribution in [1.82, 2.24) is 10.6 Å². The Balaban J connectivity index is 1.48. The lowest BCUT2D eigenvalue weighted by atomic mass is 10.0. The number of rotatable bonds is 10. The maximum absolute atomic E-state index is 12.5. The summed E-state index contributed by atoms with van der Waals surface area (Å²) in [5.41, 5.74) is 1.00. The minimum Gasteiger partial charge on any atom is -0.492 e. The van der Waals surface area contributed by atoms with Crippen molar-refractivity contribution >= 4 is 35.0 Å². The summed E-state index contributed by atoms with van der Waals surface area (Å²) in [5.74, 6) is 0.176. The zero-order valence-electron chi connectivity index (χ0n) is 16.0. The molecular formula is C22H24Cl2N2O3. The van der Waals surface area contributed by atoms with Crippen LogP contribution in [-0.4, -0.2) is 30.5 Å². The Labute approximate surface area is 180 Å². The largest absolute Gasteiger partial charge is 0.492 e. The number of halogens is 2. The highest BCUT2D eigenvalue weighted by Gasteiger charge is 2.28. The molecule has 2 aromatic carbocycles. The van der Waals surface area contributed by atoms with Crippen LogP contribution in [0.25, 0.3) is 0 Å². The van der Waals surface area contributed by atoms with Gasteiger partial charge in [0.15, 0.2) is 0 Å². The van der Waals surface area contributed by atoms with Crippen LogP contribution in [0, 0.1) is 0 Å². The molecule has 0 bridgehead atoms. The van der Waals surface area contributed by atoms with Gasteiger partial charge in [0.2, 0.25) is 11.8 Å². The van der Waals surface area contributed by atoms with Crippen molar-refractivity contribution in [2.45, 2.75) is 44.2 Å². The van der Waals surface area contributed by atoms with E-state index in [9.17, 15) is 9.59 Å². The molecule has 7 heteroatoms. The van der Waals surface area contributed by atoms with Crippen molar-refractivity contribution in [2.75, 3.05) is 6.61 Å². The van der Waals surface area contributed by atoms with Gasteiger partial charge < -0.3 is 15.4 Å². The molecule has 5 nitrogen and oxygen atoms in total. The van der Waals surface area contributed by atoms with E-state index < -0.39 is 6.04 Å². The average molecular weight is 435 g/mol. The van der Waals surface area contributed by atoms with E-state index in [1.165, 1.54) is 0 Å². The molecule has 1 saturated carbocycles. The molecule has 1 atom stereocenters. The van der Waals surface area contributed by atoms with Crippen molar-refractivity contribution < 1.29 is 14.3 Å². The maximum Gasteiger partial charge on any atom is 0.243 e. The molecule has 2 aromatic rings. The van der Waals surface area contributed by atoms with Crippen LogP contribution in [0.2, 0.25) is 10.0 Å². The Morgan fingerprint density at radius 2 is 1.83 bits per heavy atom. The highest BCUT2D eigenvalue weighted by molar-refractivity contribution is 6.42. The van der Waals surface area contributed by atoms with Crippen molar-refractivity contribution in [3.05, 3.63) is 64.1 Å². The Bertz CT molecular complexity index is 841. The number of ether oxygens (including phenoxy) is 1. The highest BCUT2D eigenvalue weighted by Crippen LogP contribution is 2.31. The fraction of sp³-hybridized carbons (Fsp3) is 0.364. The van der Waals surface area contributed by atoms with E-state index in [2.05, 4.69) is 10.6 Å². The number of hydrogen-bond acceptors (Lipinski definition) is 3. The first-order valence-corrected chi connectivity index (χ1v) is 10.5. The highest BCUT2D eigenvalue weighted by atomic mass is 35.5. The topological polar surface area (TPSA) is 67.4 Å². The predicted molar refractivity (Wildman–Crippen MR) is 114 cm³/mol. The van der Waals surface area contributed by atoms with Gasteiger partial charge in [0.1, 0.15) is 16.8 Å². The molecule has 0 aliphatic heterocycles. The Morgan fingerprint density at radius 3 is 2.55 bits per heavy atom. The zero-order valence-corrected chi connectivity index (χ0v) is 17.5. The minimum atomic E-state index is -0.589. The van der Waals surface area contributed by atoms with Crippen LogP contribution in [-0.2, 0) is 16.0 Å². The molecule has 1 fully saturated rings.